The van der Waals surface area contributed by atoms with Crippen LogP contribution in [0, 0.1) is 5.92 Å². The summed E-state index contributed by atoms with van der Waals surface area (Å²) >= 11 is 0. The van der Waals surface area contributed by atoms with E-state index in [1.807, 2.05) is 5.06 Å². The van der Waals surface area contributed by atoms with Gasteiger partial charge < -0.3 is 14.3 Å². The van der Waals surface area contributed by atoms with Crippen molar-refractivity contribution in [2.24, 2.45) is 5.92 Å². The van der Waals surface area contributed by atoms with Gasteiger partial charge in [0, 0.05) is 19.6 Å². The molecule has 0 saturated carbocycles. The number of unbranched alkanes of at least 4 members (excludes halogenated alkanes) is 20. The number of ether oxygens (including phenoxy) is 2. The first-order valence-corrected chi connectivity index (χ1v) is 23.2. The molecule has 1 aliphatic rings. The summed E-state index contributed by atoms with van der Waals surface area (Å²) in [6.07, 6.45) is 39.8. The van der Waals surface area contributed by atoms with Gasteiger partial charge in [0.05, 0.1) is 23.3 Å². The largest absolute Gasteiger partial charge is 0.378 e. The number of hydrogen-bond donors (Lipinski definition) is 0. The number of carbonyl (C=O) groups is 1. The van der Waals surface area contributed by atoms with Gasteiger partial charge >= 0.3 is 5.97 Å². The Balaban J connectivity index is 2.02. The zero-order chi connectivity index (χ0) is 38.4. The van der Waals surface area contributed by atoms with Crippen LogP contribution in [0.4, 0.5) is 0 Å². The molecule has 1 rings (SSSR count). The molecule has 0 aromatic carbocycles. The Morgan fingerprint density at radius 1 is 0.577 bits per heavy atom. The van der Waals surface area contributed by atoms with E-state index in [9.17, 15) is 4.79 Å². The monoisotopic (exact) mass is 736 g/mol. The van der Waals surface area contributed by atoms with E-state index in [4.69, 9.17) is 14.3 Å². The zero-order valence-corrected chi connectivity index (χ0v) is 36.7. The topological polar surface area (TPSA) is 48.0 Å². The molecule has 52 heavy (non-hydrogen) atoms. The minimum Gasteiger partial charge on any atom is -0.378 e. The van der Waals surface area contributed by atoms with E-state index in [-0.39, 0.29) is 22.6 Å². The Kier molecular flexibility index (Phi) is 29.0. The molecule has 0 aliphatic carbocycles. The second-order valence-electron chi connectivity index (χ2n) is 18.7. The highest BCUT2D eigenvalue weighted by atomic mass is 16.7. The average Bonchev–Trinajstić information content (AvgIpc) is 3.09. The molecule has 1 unspecified atom stereocenters. The van der Waals surface area contributed by atoms with Gasteiger partial charge in [-0.15, -0.1) is 5.06 Å². The van der Waals surface area contributed by atoms with Gasteiger partial charge in [0.1, 0.15) is 0 Å². The van der Waals surface area contributed by atoms with Crippen LogP contribution in [0.25, 0.3) is 0 Å². The first kappa shape index (κ1) is 49.4. The molecule has 1 saturated heterocycles. The predicted molar refractivity (Wildman–Crippen MR) is 225 cm³/mol. The third-order valence-corrected chi connectivity index (χ3v) is 11.7. The molecule has 1 aliphatic heterocycles. The molecule has 0 spiro atoms. The smallest absolute Gasteiger partial charge is 0.325 e. The van der Waals surface area contributed by atoms with Crippen LogP contribution >= 0.6 is 0 Å². The third-order valence-electron chi connectivity index (χ3n) is 11.7. The Hall–Kier alpha value is -0.650. The Morgan fingerprint density at radius 2 is 1.02 bits per heavy atom. The van der Waals surface area contributed by atoms with Crippen molar-refractivity contribution >= 4 is 5.97 Å². The van der Waals surface area contributed by atoms with Crippen LogP contribution in [0.5, 0.6) is 0 Å². The average molecular weight is 736 g/mol. The minimum atomic E-state index is -0.192. The highest BCUT2D eigenvalue weighted by Gasteiger charge is 2.44. The quantitative estimate of drug-likeness (QED) is 0.0600. The molecule has 5 nitrogen and oxygen atoms in total. The lowest BCUT2D eigenvalue weighted by atomic mass is 9.82. The van der Waals surface area contributed by atoms with Gasteiger partial charge in [-0.25, -0.2) is 0 Å². The van der Waals surface area contributed by atoms with Gasteiger partial charge in [-0.1, -0.05) is 162 Å². The van der Waals surface area contributed by atoms with Crippen molar-refractivity contribution < 1.29 is 19.1 Å². The molecule has 1 fully saturated rings. The van der Waals surface area contributed by atoms with Gasteiger partial charge in [0.25, 0.3) is 0 Å². The van der Waals surface area contributed by atoms with Crippen LogP contribution in [-0.2, 0) is 19.1 Å². The summed E-state index contributed by atoms with van der Waals surface area (Å²) in [5.41, 5.74) is -0.362. The van der Waals surface area contributed by atoms with Crippen molar-refractivity contribution in [1.29, 1.82) is 0 Å². The van der Waals surface area contributed by atoms with Crippen molar-refractivity contribution in [2.75, 3.05) is 19.8 Å². The number of nitrogens with zero attached hydrogens (tertiary/aromatic N) is 1. The van der Waals surface area contributed by atoms with Crippen LogP contribution in [0.1, 0.15) is 254 Å². The van der Waals surface area contributed by atoms with E-state index in [2.05, 4.69) is 55.4 Å². The molecule has 310 valence electrons. The first-order valence-electron chi connectivity index (χ1n) is 23.2. The lowest BCUT2D eigenvalue weighted by Gasteiger charge is -2.50. The van der Waals surface area contributed by atoms with E-state index in [1.54, 1.807) is 0 Å². The molecular weight excluding hydrogens is 643 g/mol. The number of piperidine rings is 1. The second-order valence-corrected chi connectivity index (χ2v) is 18.7. The Morgan fingerprint density at radius 3 is 1.56 bits per heavy atom. The summed E-state index contributed by atoms with van der Waals surface area (Å²) < 4.78 is 12.4. The number of carbonyl (C=O) groups excluding carboxylic acids is 1. The maximum absolute atomic E-state index is 12.6. The summed E-state index contributed by atoms with van der Waals surface area (Å²) in [4.78, 5) is 18.5. The number of rotatable bonds is 36. The summed E-state index contributed by atoms with van der Waals surface area (Å²) in [6, 6.07) is 0. The Labute approximate surface area is 326 Å². The summed E-state index contributed by atoms with van der Waals surface area (Å²) in [5.74, 6) is 0.785. The normalized spacial score (nSPS) is 16.7. The van der Waals surface area contributed by atoms with Crippen molar-refractivity contribution in [1.82, 2.24) is 5.06 Å². The second kappa shape index (κ2) is 30.6. The maximum atomic E-state index is 12.6. The fraction of sp³-hybridized carbons (Fsp3) is 0.979. The molecule has 0 aromatic heterocycles. The molecule has 0 radical (unpaired) electrons. The molecular formula is C47H93NO4. The van der Waals surface area contributed by atoms with Gasteiger partial charge in [-0.05, 0) is 92.4 Å². The molecule has 1 heterocycles. The van der Waals surface area contributed by atoms with Gasteiger partial charge in [-0.2, -0.15) is 0 Å². The van der Waals surface area contributed by atoms with E-state index in [1.165, 1.54) is 167 Å². The number of hydroxylamine groups is 2. The molecule has 0 amide bonds. The van der Waals surface area contributed by atoms with E-state index >= 15 is 0 Å². The van der Waals surface area contributed by atoms with Crippen molar-refractivity contribution in [3.63, 3.8) is 0 Å². The van der Waals surface area contributed by atoms with Gasteiger partial charge in [0.15, 0.2) is 0 Å². The summed E-state index contributed by atoms with van der Waals surface area (Å²) in [7, 11) is 0. The summed E-state index contributed by atoms with van der Waals surface area (Å²) in [5, 5.41) is 1.99. The fourth-order valence-corrected chi connectivity index (χ4v) is 8.36. The first-order chi connectivity index (χ1) is 24.9. The van der Waals surface area contributed by atoms with Crippen molar-refractivity contribution in [2.45, 2.75) is 271 Å². The zero-order valence-electron chi connectivity index (χ0n) is 36.7. The van der Waals surface area contributed by atoms with Crippen LogP contribution < -0.4 is 0 Å². The van der Waals surface area contributed by atoms with Crippen molar-refractivity contribution in [3.8, 4) is 0 Å². The van der Waals surface area contributed by atoms with Crippen molar-refractivity contribution in [3.05, 3.63) is 0 Å². The fourth-order valence-electron chi connectivity index (χ4n) is 8.36. The standard InChI is InChI=1S/C47H93NO4/c1-9-11-13-14-15-16-17-18-19-20-21-25-28-31-41-51-47(7,8)42-50-40-32-36-43(34-12-10-2)35-29-26-23-22-24-27-30-37-44(49)52-48-45(3,4)38-33-39-46(48,5)6/h43H,9-42H2,1-8H3. The molecule has 1 atom stereocenters. The maximum Gasteiger partial charge on any atom is 0.325 e. The van der Waals surface area contributed by atoms with Gasteiger partial charge in [0.2, 0.25) is 0 Å². The Bertz CT molecular complexity index is 808. The molecule has 0 bridgehead atoms. The highest BCUT2D eigenvalue weighted by molar-refractivity contribution is 5.69. The molecule has 5 heteroatoms. The third kappa shape index (κ3) is 26.2. The lowest BCUT2D eigenvalue weighted by molar-refractivity contribution is -0.265. The highest BCUT2D eigenvalue weighted by Crippen LogP contribution is 2.38. The van der Waals surface area contributed by atoms with Crippen LogP contribution in [0.3, 0.4) is 0 Å². The SMILES string of the molecule is CCCCCCCCCCCCCCCCOC(C)(C)COCCCC(CCCC)CCCCCCCCCC(=O)ON1C(C)(C)CCCC1(C)C. The van der Waals surface area contributed by atoms with Crippen LogP contribution in [-0.4, -0.2) is 47.5 Å². The van der Waals surface area contributed by atoms with Gasteiger partial charge in [-0.3, -0.25) is 4.79 Å². The van der Waals surface area contributed by atoms with E-state index < -0.39 is 0 Å². The van der Waals surface area contributed by atoms with E-state index in [0.29, 0.717) is 13.0 Å². The number of hydrogen-bond acceptors (Lipinski definition) is 5. The van der Waals surface area contributed by atoms with E-state index in [0.717, 1.165) is 44.8 Å². The summed E-state index contributed by atoms with van der Waals surface area (Å²) in [6.45, 7) is 20.2. The molecule has 0 N–H and O–H groups in total. The molecule has 0 aromatic rings. The predicted octanol–water partition coefficient (Wildman–Crippen LogP) is 14.9. The minimum absolute atomic E-state index is 0.0565. The van der Waals surface area contributed by atoms with Crippen LogP contribution in [0.15, 0.2) is 0 Å². The lowest BCUT2D eigenvalue weighted by Crippen LogP contribution is -2.58. The van der Waals surface area contributed by atoms with Crippen LogP contribution in [0.2, 0.25) is 0 Å².